The monoisotopic (exact) mass is 268 g/mol. The molecule has 0 bridgehead atoms. The van der Waals surface area contributed by atoms with Crippen LogP contribution in [0.5, 0.6) is 0 Å². The Morgan fingerprint density at radius 1 is 1.50 bits per heavy atom. The quantitative estimate of drug-likeness (QED) is 0.882. The lowest BCUT2D eigenvalue weighted by Crippen LogP contribution is -2.58. The average molecular weight is 269 g/mol. The molecule has 0 aliphatic carbocycles. The van der Waals surface area contributed by atoms with Crippen molar-refractivity contribution < 1.29 is 5.11 Å². The van der Waals surface area contributed by atoms with Gasteiger partial charge in [0.25, 0.3) is 0 Å². The molecule has 2 N–H and O–H groups in total. The van der Waals surface area contributed by atoms with E-state index >= 15 is 0 Å². The van der Waals surface area contributed by atoms with Crippen molar-refractivity contribution in [1.29, 1.82) is 0 Å². The number of benzene rings is 1. The molecule has 3 nitrogen and oxygen atoms in total. The molecule has 0 spiro atoms. The van der Waals surface area contributed by atoms with E-state index in [-0.39, 0.29) is 12.1 Å². The SMILES string of the molecule is CNC1(CO)CCCN(c2ccc(Cl)cc2C)C1. The van der Waals surface area contributed by atoms with E-state index < -0.39 is 0 Å². The first kappa shape index (κ1) is 13.7. The van der Waals surface area contributed by atoms with Crippen LogP contribution in [-0.2, 0) is 0 Å². The highest BCUT2D eigenvalue weighted by molar-refractivity contribution is 6.30. The van der Waals surface area contributed by atoms with Gasteiger partial charge in [-0.25, -0.2) is 0 Å². The topological polar surface area (TPSA) is 35.5 Å². The smallest absolute Gasteiger partial charge is 0.0630 e. The normalized spacial score (nSPS) is 24.3. The van der Waals surface area contributed by atoms with Gasteiger partial charge in [0.15, 0.2) is 0 Å². The summed E-state index contributed by atoms with van der Waals surface area (Å²) >= 11 is 6.00. The van der Waals surface area contributed by atoms with Crippen molar-refractivity contribution in [2.75, 3.05) is 31.6 Å². The number of aliphatic hydroxyl groups excluding tert-OH is 1. The number of piperidine rings is 1. The zero-order valence-electron chi connectivity index (χ0n) is 11.0. The van der Waals surface area contributed by atoms with Crippen LogP contribution in [0.3, 0.4) is 0 Å². The molecule has 4 heteroatoms. The second kappa shape index (κ2) is 5.47. The molecule has 0 amide bonds. The maximum absolute atomic E-state index is 9.61. The van der Waals surface area contributed by atoms with Gasteiger partial charge in [-0.1, -0.05) is 11.6 Å². The van der Waals surface area contributed by atoms with Gasteiger partial charge in [0, 0.05) is 23.8 Å². The number of halogens is 1. The fourth-order valence-corrected chi connectivity index (χ4v) is 2.95. The lowest BCUT2D eigenvalue weighted by molar-refractivity contribution is 0.149. The Labute approximate surface area is 114 Å². The van der Waals surface area contributed by atoms with Gasteiger partial charge in [0.05, 0.1) is 12.1 Å². The summed E-state index contributed by atoms with van der Waals surface area (Å²) in [5.74, 6) is 0. The van der Waals surface area contributed by atoms with Gasteiger partial charge in [-0.05, 0) is 50.6 Å². The van der Waals surface area contributed by atoms with E-state index in [1.165, 1.54) is 11.3 Å². The Kier molecular flexibility index (Phi) is 4.15. The first-order valence-corrected chi connectivity index (χ1v) is 6.79. The number of nitrogens with zero attached hydrogens (tertiary/aromatic N) is 1. The van der Waals surface area contributed by atoms with Crippen molar-refractivity contribution >= 4 is 17.3 Å². The number of aliphatic hydroxyl groups is 1. The molecule has 1 aliphatic rings. The highest BCUT2D eigenvalue weighted by Crippen LogP contribution is 2.29. The highest BCUT2D eigenvalue weighted by Gasteiger charge is 2.33. The predicted octanol–water partition coefficient (Wildman–Crippen LogP) is 2.20. The Hall–Kier alpha value is -0.770. The largest absolute Gasteiger partial charge is 0.394 e. The molecule has 1 unspecified atom stereocenters. The maximum Gasteiger partial charge on any atom is 0.0630 e. The molecule has 100 valence electrons. The summed E-state index contributed by atoms with van der Waals surface area (Å²) in [4.78, 5) is 2.34. The third kappa shape index (κ3) is 2.63. The molecular weight excluding hydrogens is 248 g/mol. The number of hydrogen-bond donors (Lipinski definition) is 2. The van der Waals surface area contributed by atoms with Gasteiger partial charge in [-0.15, -0.1) is 0 Å². The summed E-state index contributed by atoms with van der Waals surface area (Å²) in [6, 6.07) is 5.99. The molecule has 1 aliphatic heterocycles. The van der Waals surface area contributed by atoms with Crippen LogP contribution >= 0.6 is 11.6 Å². The Bertz CT molecular complexity index is 418. The van der Waals surface area contributed by atoms with E-state index in [4.69, 9.17) is 11.6 Å². The van der Waals surface area contributed by atoms with Crippen LogP contribution < -0.4 is 10.2 Å². The third-order valence-corrected chi connectivity index (χ3v) is 4.14. The number of hydrogen-bond acceptors (Lipinski definition) is 3. The van der Waals surface area contributed by atoms with Crippen LogP contribution in [0.1, 0.15) is 18.4 Å². The fourth-order valence-electron chi connectivity index (χ4n) is 2.72. The van der Waals surface area contributed by atoms with Gasteiger partial charge in [0.2, 0.25) is 0 Å². The van der Waals surface area contributed by atoms with Crippen LogP contribution in [0.4, 0.5) is 5.69 Å². The zero-order valence-corrected chi connectivity index (χ0v) is 11.8. The molecule has 1 fully saturated rings. The van der Waals surface area contributed by atoms with Crippen molar-refractivity contribution in [3.8, 4) is 0 Å². The summed E-state index contributed by atoms with van der Waals surface area (Å²) < 4.78 is 0. The van der Waals surface area contributed by atoms with Crippen LogP contribution in [0.15, 0.2) is 18.2 Å². The molecular formula is C14H21ClN2O. The summed E-state index contributed by atoms with van der Waals surface area (Å²) in [6.07, 6.45) is 2.10. The minimum absolute atomic E-state index is 0.173. The molecule has 2 rings (SSSR count). The van der Waals surface area contributed by atoms with Crippen LogP contribution in [0, 0.1) is 6.92 Å². The Balaban J connectivity index is 2.23. The first-order chi connectivity index (χ1) is 8.60. The number of anilines is 1. The molecule has 1 heterocycles. The Morgan fingerprint density at radius 2 is 2.28 bits per heavy atom. The number of rotatable bonds is 3. The van der Waals surface area contributed by atoms with Gasteiger partial charge in [-0.2, -0.15) is 0 Å². The van der Waals surface area contributed by atoms with Crippen LogP contribution in [0.2, 0.25) is 5.02 Å². The van der Waals surface area contributed by atoms with Crippen molar-refractivity contribution in [2.45, 2.75) is 25.3 Å². The molecule has 1 aromatic carbocycles. The van der Waals surface area contributed by atoms with Crippen molar-refractivity contribution in [1.82, 2.24) is 5.32 Å². The average Bonchev–Trinajstić information content (AvgIpc) is 2.38. The molecule has 18 heavy (non-hydrogen) atoms. The van der Waals surface area contributed by atoms with E-state index in [0.29, 0.717) is 0 Å². The van der Waals surface area contributed by atoms with Crippen LogP contribution in [-0.4, -0.2) is 37.4 Å². The van der Waals surface area contributed by atoms with Crippen molar-refractivity contribution in [3.63, 3.8) is 0 Å². The second-order valence-corrected chi connectivity index (χ2v) is 5.58. The first-order valence-electron chi connectivity index (χ1n) is 6.41. The minimum Gasteiger partial charge on any atom is -0.394 e. The lowest BCUT2D eigenvalue weighted by atomic mass is 9.89. The maximum atomic E-state index is 9.61. The summed E-state index contributed by atoms with van der Waals surface area (Å²) in [7, 11) is 1.93. The lowest BCUT2D eigenvalue weighted by Gasteiger charge is -2.43. The van der Waals surface area contributed by atoms with Crippen molar-refractivity contribution in [3.05, 3.63) is 28.8 Å². The van der Waals surface area contributed by atoms with Gasteiger partial charge in [-0.3, -0.25) is 0 Å². The van der Waals surface area contributed by atoms with E-state index in [1.807, 2.05) is 19.2 Å². The van der Waals surface area contributed by atoms with Gasteiger partial charge in [0.1, 0.15) is 0 Å². The molecule has 0 saturated carbocycles. The molecule has 1 saturated heterocycles. The summed E-state index contributed by atoms with van der Waals surface area (Å²) in [5.41, 5.74) is 2.23. The van der Waals surface area contributed by atoms with E-state index in [1.54, 1.807) is 0 Å². The van der Waals surface area contributed by atoms with E-state index in [0.717, 1.165) is 31.0 Å². The molecule has 0 aromatic heterocycles. The van der Waals surface area contributed by atoms with E-state index in [2.05, 4.69) is 23.2 Å². The molecule has 1 atom stereocenters. The highest BCUT2D eigenvalue weighted by atomic mass is 35.5. The van der Waals surface area contributed by atoms with Crippen LogP contribution in [0.25, 0.3) is 0 Å². The molecule has 0 radical (unpaired) electrons. The van der Waals surface area contributed by atoms with Gasteiger partial charge >= 0.3 is 0 Å². The summed E-state index contributed by atoms with van der Waals surface area (Å²) in [5, 5.41) is 13.7. The van der Waals surface area contributed by atoms with Gasteiger partial charge < -0.3 is 15.3 Å². The van der Waals surface area contributed by atoms with Crippen molar-refractivity contribution in [2.24, 2.45) is 0 Å². The molecule has 1 aromatic rings. The fraction of sp³-hybridized carbons (Fsp3) is 0.571. The number of nitrogens with one attached hydrogen (secondary N) is 1. The zero-order chi connectivity index (χ0) is 13.2. The number of likely N-dealkylation sites (N-methyl/N-ethyl adjacent to an activating group) is 1. The standard InChI is InChI=1S/C14H21ClN2O/c1-11-8-12(15)4-5-13(11)17-7-3-6-14(9-17,10-18)16-2/h4-5,8,16,18H,3,6-7,9-10H2,1-2H3. The predicted molar refractivity (Wildman–Crippen MR) is 76.5 cm³/mol. The summed E-state index contributed by atoms with van der Waals surface area (Å²) in [6.45, 7) is 4.12. The third-order valence-electron chi connectivity index (χ3n) is 3.91. The minimum atomic E-state index is -0.176. The Morgan fingerprint density at radius 3 is 2.89 bits per heavy atom. The van der Waals surface area contributed by atoms with E-state index in [9.17, 15) is 5.11 Å². The number of aryl methyl sites for hydroxylation is 1. The second-order valence-electron chi connectivity index (χ2n) is 5.14.